The van der Waals surface area contributed by atoms with Crippen LogP contribution < -0.4 is 4.90 Å². The molecule has 5 heteroatoms. The first-order chi connectivity index (χ1) is 9.10. The molecule has 0 saturated carbocycles. The third-order valence-corrected chi connectivity index (χ3v) is 3.48. The van der Waals surface area contributed by atoms with Crippen LogP contribution in [0.5, 0.6) is 0 Å². The number of aryl methyl sites for hydroxylation is 1. The Kier molecular flexibility index (Phi) is 4.77. The van der Waals surface area contributed by atoms with Crippen LogP contribution in [0.4, 0.5) is 5.82 Å². The van der Waals surface area contributed by atoms with E-state index in [0.29, 0.717) is 12.4 Å². The zero-order chi connectivity index (χ0) is 13.8. The highest BCUT2D eigenvalue weighted by Gasteiger charge is 2.10. The molecule has 2 aromatic rings. The lowest BCUT2D eigenvalue weighted by atomic mass is 10.2. The number of aromatic nitrogens is 2. The molecule has 0 unspecified atom stereocenters. The van der Waals surface area contributed by atoms with Gasteiger partial charge in [-0.15, -0.1) is 11.6 Å². The van der Waals surface area contributed by atoms with Crippen LogP contribution in [-0.2, 0) is 12.4 Å². The monoisotopic (exact) mass is 339 g/mol. The molecule has 0 N–H and O–H groups in total. The van der Waals surface area contributed by atoms with E-state index in [0.717, 1.165) is 27.2 Å². The van der Waals surface area contributed by atoms with Crippen molar-refractivity contribution in [3.05, 3.63) is 51.9 Å². The fourth-order valence-electron chi connectivity index (χ4n) is 1.92. The molecule has 0 amide bonds. The van der Waals surface area contributed by atoms with Gasteiger partial charge in [-0.1, -0.05) is 6.07 Å². The van der Waals surface area contributed by atoms with Crippen LogP contribution in [0.25, 0.3) is 0 Å². The van der Waals surface area contributed by atoms with Crippen molar-refractivity contribution in [2.45, 2.75) is 19.3 Å². The molecule has 0 aliphatic carbocycles. The van der Waals surface area contributed by atoms with Crippen LogP contribution in [0, 0.1) is 6.92 Å². The third-order valence-electron chi connectivity index (χ3n) is 2.76. The summed E-state index contributed by atoms with van der Waals surface area (Å²) < 4.78 is 0.939. The van der Waals surface area contributed by atoms with Gasteiger partial charge in [0.05, 0.1) is 18.1 Å². The maximum absolute atomic E-state index is 5.97. The average Bonchev–Trinajstić information content (AvgIpc) is 2.38. The molecule has 0 aliphatic rings. The van der Waals surface area contributed by atoms with Gasteiger partial charge >= 0.3 is 0 Å². The zero-order valence-electron chi connectivity index (χ0n) is 10.9. The maximum atomic E-state index is 5.97. The van der Waals surface area contributed by atoms with Gasteiger partial charge in [-0.2, -0.15) is 0 Å². The van der Waals surface area contributed by atoms with Crippen molar-refractivity contribution < 1.29 is 0 Å². The van der Waals surface area contributed by atoms with Gasteiger partial charge in [0.1, 0.15) is 5.82 Å². The number of halogens is 2. The SMILES string of the molecule is Cc1cccc(CN(C)c2ncc(Br)cc2CCl)n1. The summed E-state index contributed by atoms with van der Waals surface area (Å²) in [5.74, 6) is 1.33. The van der Waals surface area contributed by atoms with Crippen molar-refractivity contribution in [1.82, 2.24) is 9.97 Å². The molecule has 0 bridgehead atoms. The van der Waals surface area contributed by atoms with Crippen LogP contribution in [0.3, 0.4) is 0 Å². The minimum absolute atomic E-state index is 0.438. The van der Waals surface area contributed by atoms with Crippen molar-refractivity contribution >= 4 is 33.3 Å². The molecule has 0 spiro atoms. The Morgan fingerprint density at radius 2 is 2.16 bits per heavy atom. The van der Waals surface area contributed by atoms with Gasteiger partial charge < -0.3 is 4.90 Å². The predicted molar refractivity (Wildman–Crippen MR) is 82.6 cm³/mol. The minimum Gasteiger partial charge on any atom is -0.354 e. The molecule has 0 saturated heterocycles. The van der Waals surface area contributed by atoms with Crippen LogP contribution in [0.15, 0.2) is 34.9 Å². The van der Waals surface area contributed by atoms with Gasteiger partial charge in [-0.25, -0.2) is 4.98 Å². The summed E-state index contributed by atoms with van der Waals surface area (Å²) in [6.07, 6.45) is 1.78. The molecular weight excluding hydrogens is 326 g/mol. The quantitative estimate of drug-likeness (QED) is 0.790. The van der Waals surface area contributed by atoms with E-state index < -0.39 is 0 Å². The van der Waals surface area contributed by atoms with Crippen LogP contribution in [0.1, 0.15) is 17.0 Å². The summed E-state index contributed by atoms with van der Waals surface area (Å²) in [5.41, 5.74) is 3.05. The van der Waals surface area contributed by atoms with Crippen LogP contribution >= 0.6 is 27.5 Å². The lowest BCUT2D eigenvalue weighted by Gasteiger charge is -2.20. The predicted octanol–water partition coefficient (Wildman–Crippen LogP) is 3.92. The largest absolute Gasteiger partial charge is 0.354 e. The smallest absolute Gasteiger partial charge is 0.133 e. The molecule has 0 atom stereocenters. The minimum atomic E-state index is 0.438. The first-order valence-corrected chi connectivity index (χ1v) is 7.27. The Balaban J connectivity index is 2.22. The number of nitrogens with zero attached hydrogens (tertiary/aromatic N) is 3. The first kappa shape index (κ1) is 14.3. The van der Waals surface area contributed by atoms with Crippen molar-refractivity contribution in [1.29, 1.82) is 0 Å². The molecule has 0 radical (unpaired) electrons. The molecular formula is C14H15BrClN3. The fraction of sp³-hybridized carbons (Fsp3) is 0.286. The number of alkyl halides is 1. The summed E-state index contributed by atoms with van der Waals surface area (Å²) in [6.45, 7) is 2.70. The van der Waals surface area contributed by atoms with Gasteiger partial charge in [0, 0.05) is 29.0 Å². The van der Waals surface area contributed by atoms with E-state index in [1.54, 1.807) is 6.20 Å². The van der Waals surface area contributed by atoms with Crippen molar-refractivity contribution in [3.8, 4) is 0 Å². The number of anilines is 1. The third kappa shape index (κ3) is 3.67. The summed E-state index contributed by atoms with van der Waals surface area (Å²) >= 11 is 9.38. The number of rotatable bonds is 4. The highest BCUT2D eigenvalue weighted by atomic mass is 79.9. The Hall–Kier alpha value is -1.13. The van der Waals surface area contributed by atoms with Crippen LogP contribution in [0.2, 0.25) is 0 Å². The highest BCUT2D eigenvalue weighted by Crippen LogP contribution is 2.23. The van der Waals surface area contributed by atoms with Gasteiger partial charge in [0.2, 0.25) is 0 Å². The molecule has 2 aromatic heterocycles. The molecule has 0 fully saturated rings. The zero-order valence-corrected chi connectivity index (χ0v) is 13.2. The van der Waals surface area contributed by atoms with E-state index in [-0.39, 0.29) is 0 Å². The molecule has 3 nitrogen and oxygen atoms in total. The van der Waals surface area contributed by atoms with E-state index in [4.69, 9.17) is 11.6 Å². The lowest BCUT2D eigenvalue weighted by molar-refractivity contribution is 0.852. The van der Waals surface area contributed by atoms with E-state index in [2.05, 4.69) is 30.8 Å². The highest BCUT2D eigenvalue weighted by molar-refractivity contribution is 9.10. The Morgan fingerprint density at radius 1 is 1.37 bits per heavy atom. The number of pyridine rings is 2. The summed E-state index contributed by atoms with van der Waals surface area (Å²) in [6, 6.07) is 8.02. The molecule has 0 aliphatic heterocycles. The normalized spacial score (nSPS) is 10.5. The standard InChI is InChI=1S/C14H15BrClN3/c1-10-4-3-5-13(18-10)9-19(2)14-11(7-16)6-12(15)8-17-14/h3-6,8H,7,9H2,1-2H3. The van der Waals surface area contributed by atoms with Gasteiger partial charge in [-0.05, 0) is 41.1 Å². The summed E-state index contributed by atoms with van der Waals surface area (Å²) in [4.78, 5) is 11.0. The van der Waals surface area contributed by atoms with Crippen LogP contribution in [-0.4, -0.2) is 17.0 Å². The molecule has 100 valence electrons. The topological polar surface area (TPSA) is 29.0 Å². The first-order valence-electron chi connectivity index (χ1n) is 5.94. The van der Waals surface area contributed by atoms with Gasteiger partial charge in [-0.3, -0.25) is 4.98 Å². The second kappa shape index (κ2) is 6.35. The summed E-state index contributed by atoms with van der Waals surface area (Å²) in [7, 11) is 2.00. The second-order valence-corrected chi connectivity index (χ2v) is 5.58. The maximum Gasteiger partial charge on any atom is 0.133 e. The van der Waals surface area contributed by atoms with Crippen molar-refractivity contribution in [2.24, 2.45) is 0 Å². The molecule has 19 heavy (non-hydrogen) atoms. The lowest BCUT2D eigenvalue weighted by Crippen LogP contribution is -2.20. The molecule has 2 heterocycles. The fourth-order valence-corrected chi connectivity index (χ4v) is 2.50. The van der Waals surface area contributed by atoms with Gasteiger partial charge in [0.25, 0.3) is 0 Å². The Bertz CT molecular complexity index is 574. The number of hydrogen-bond donors (Lipinski definition) is 0. The van der Waals surface area contributed by atoms with E-state index >= 15 is 0 Å². The van der Waals surface area contributed by atoms with Crippen molar-refractivity contribution in [3.63, 3.8) is 0 Å². The summed E-state index contributed by atoms with van der Waals surface area (Å²) in [5, 5.41) is 0. The van der Waals surface area contributed by atoms with Crippen molar-refractivity contribution in [2.75, 3.05) is 11.9 Å². The van der Waals surface area contributed by atoms with E-state index in [1.807, 2.05) is 38.2 Å². The van der Waals surface area contributed by atoms with E-state index in [9.17, 15) is 0 Å². The Morgan fingerprint density at radius 3 is 2.84 bits per heavy atom. The molecule has 0 aromatic carbocycles. The molecule has 2 rings (SSSR count). The van der Waals surface area contributed by atoms with Gasteiger partial charge in [0.15, 0.2) is 0 Å². The number of hydrogen-bond acceptors (Lipinski definition) is 3. The Labute approximate surface area is 126 Å². The van der Waals surface area contributed by atoms with E-state index in [1.165, 1.54) is 0 Å². The second-order valence-electron chi connectivity index (χ2n) is 4.40. The average molecular weight is 341 g/mol.